The van der Waals surface area contributed by atoms with Crippen molar-refractivity contribution in [2.24, 2.45) is 0 Å². The van der Waals surface area contributed by atoms with Gasteiger partial charge in [0, 0.05) is 29.2 Å². The average molecular weight is 415 g/mol. The monoisotopic (exact) mass is 414 g/mol. The molecule has 0 atom stereocenters. The quantitative estimate of drug-likeness (QED) is 0.623. The number of carbonyl (C=O) groups excluding carboxylic acids is 1. The molecular formula is C20H19BrN2O3. The van der Waals surface area contributed by atoms with Gasteiger partial charge in [0.05, 0.1) is 13.4 Å². The van der Waals surface area contributed by atoms with E-state index in [0.29, 0.717) is 25.1 Å². The summed E-state index contributed by atoms with van der Waals surface area (Å²) in [5, 5.41) is 2.95. The minimum absolute atomic E-state index is 0.0266. The van der Waals surface area contributed by atoms with Gasteiger partial charge < -0.3 is 14.5 Å². The molecule has 1 amide bonds. The van der Waals surface area contributed by atoms with Crippen LogP contribution in [-0.4, -0.2) is 18.0 Å². The van der Waals surface area contributed by atoms with Crippen molar-refractivity contribution in [3.63, 3.8) is 0 Å². The number of hydrogen-bond acceptors (Lipinski definition) is 4. The lowest BCUT2D eigenvalue weighted by Gasteiger charge is -2.10. The molecule has 1 N–H and O–H groups in total. The summed E-state index contributed by atoms with van der Waals surface area (Å²) in [6, 6.07) is 13.2. The molecule has 0 fully saturated rings. The Kier molecular flexibility index (Phi) is 6.07. The normalized spacial score (nSPS) is 10.5. The van der Waals surface area contributed by atoms with E-state index in [1.54, 1.807) is 19.6 Å². The van der Waals surface area contributed by atoms with Crippen molar-refractivity contribution < 1.29 is 13.9 Å². The minimum atomic E-state index is -0.0266. The third-order valence-electron chi connectivity index (χ3n) is 3.99. The predicted molar refractivity (Wildman–Crippen MR) is 103 cm³/mol. The highest BCUT2D eigenvalue weighted by atomic mass is 79.9. The Hall–Kier alpha value is -2.60. The minimum Gasteiger partial charge on any atom is -0.496 e. The van der Waals surface area contributed by atoms with Gasteiger partial charge in [-0.25, -0.2) is 0 Å². The summed E-state index contributed by atoms with van der Waals surface area (Å²) >= 11 is 3.45. The van der Waals surface area contributed by atoms with Crippen LogP contribution >= 0.6 is 15.9 Å². The maximum Gasteiger partial charge on any atom is 0.220 e. The molecule has 0 unspecified atom stereocenters. The number of pyridine rings is 1. The Morgan fingerprint density at radius 2 is 2.12 bits per heavy atom. The first kappa shape index (κ1) is 18.2. The van der Waals surface area contributed by atoms with Crippen molar-refractivity contribution in [2.45, 2.75) is 19.4 Å². The third-order valence-corrected chi connectivity index (χ3v) is 4.48. The molecule has 3 rings (SSSR count). The van der Waals surface area contributed by atoms with E-state index >= 15 is 0 Å². The molecule has 1 aromatic carbocycles. The number of nitrogens with zero attached hydrogens (tertiary/aromatic N) is 1. The number of ether oxygens (including phenoxy) is 1. The number of amides is 1. The number of nitrogens with one attached hydrogen (secondary N) is 1. The van der Waals surface area contributed by atoms with Crippen LogP contribution in [0.1, 0.15) is 17.5 Å². The average Bonchev–Trinajstić information content (AvgIpc) is 3.19. The van der Waals surface area contributed by atoms with E-state index in [2.05, 4.69) is 26.2 Å². The van der Waals surface area contributed by atoms with E-state index in [9.17, 15) is 4.79 Å². The van der Waals surface area contributed by atoms with Crippen LogP contribution in [0.15, 0.2) is 63.8 Å². The Morgan fingerprint density at radius 3 is 2.88 bits per heavy atom. The van der Waals surface area contributed by atoms with Gasteiger partial charge in [-0.05, 0) is 48.4 Å². The third kappa shape index (κ3) is 4.52. The molecule has 0 aliphatic carbocycles. The zero-order valence-electron chi connectivity index (χ0n) is 14.4. The highest BCUT2D eigenvalue weighted by Crippen LogP contribution is 2.24. The van der Waals surface area contributed by atoms with E-state index in [1.807, 2.05) is 42.5 Å². The second kappa shape index (κ2) is 8.67. The molecule has 0 radical (unpaired) electrons. The topological polar surface area (TPSA) is 64.4 Å². The highest BCUT2D eigenvalue weighted by molar-refractivity contribution is 9.10. The molecule has 0 spiro atoms. The zero-order chi connectivity index (χ0) is 18.4. The van der Waals surface area contributed by atoms with E-state index in [1.165, 1.54) is 0 Å². The smallest absolute Gasteiger partial charge is 0.220 e. The predicted octanol–water partition coefficient (Wildman–Crippen LogP) is 4.36. The fourth-order valence-electron chi connectivity index (χ4n) is 2.69. The first-order valence-corrected chi connectivity index (χ1v) is 9.03. The second-order valence-electron chi connectivity index (χ2n) is 5.72. The molecule has 0 saturated heterocycles. The summed E-state index contributed by atoms with van der Waals surface area (Å²) in [5.74, 6) is 1.45. The Balaban J connectivity index is 1.60. The summed E-state index contributed by atoms with van der Waals surface area (Å²) in [5.41, 5.74) is 2.65. The highest BCUT2D eigenvalue weighted by Gasteiger charge is 2.11. The number of aryl methyl sites for hydroxylation is 1. The maximum atomic E-state index is 12.3. The van der Waals surface area contributed by atoms with Crippen molar-refractivity contribution in [3.05, 3.63) is 70.5 Å². The first-order valence-electron chi connectivity index (χ1n) is 8.24. The summed E-state index contributed by atoms with van der Waals surface area (Å²) < 4.78 is 11.7. The van der Waals surface area contributed by atoms with Crippen molar-refractivity contribution in [2.75, 3.05) is 7.11 Å². The molecule has 134 valence electrons. The summed E-state index contributed by atoms with van der Waals surface area (Å²) in [7, 11) is 1.63. The first-order chi connectivity index (χ1) is 12.7. The van der Waals surface area contributed by atoms with E-state index in [4.69, 9.17) is 9.15 Å². The van der Waals surface area contributed by atoms with Gasteiger partial charge >= 0.3 is 0 Å². The Bertz CT molecular complexity index is 879. The molecule has 3 aromatic rings. The number of aromatic nitrogens is 1. The number of halogens is 1. The lowest BCUT2D eigenvalue weighted by atomic mass is 10.1. The molecule has 0 aliphatic heterocycles. The molecule has 2 aromatic heterocycles. The second-order valence-corrected chi connectivity index (χ2v) is 6.64. The van der Waals surface area contributed by atoms with Gasteiger partial charge in [0.1, 0.15) is 11.4 Å². The van der Waals surface area contributed by atoms with Gasteiger partial charge in [0.25, 0.3) is 0 Å². The van der Waals surface area contributed by atoms with Crippen LogP contribution in [0.5, 0.6) is 5.75 Å². The molecule has 0 bridgehead atoms. The number of carbonyl (C=O) groups is 1. The number of benzene rings is 1. The number of hydrogen-bond donors (Lipinski definition) is 1. The zero-order valence-corrected chi connectivity index (χ0v) is 16.0. The van der Waals surface area contributed by atoms with Gasteiger partial charge in [-0.1, -0.05) is 22.0 Å². The summed E-state index contributed by atoms with van der Waals surface area (Å²) in [6.45, 7) is 0.401. The van der Waals surface area contributed by atoms with Gasteiger partial charge in [-0.3, -0.25) is 9.78 Å². The van der Waals surface area contributed by atoms with Crippen molar-refractivity contribution >= 4 is 21.8 Å². The van der Waals surface area contributed by atoms with Gasteiger partial charge in [-0.15, -0.1) is 0 Å². The molecular weight excluding hydrogens is 396 g/mol. The number of rotatable bonds is 7. The van der Waals surface area contributed by atoms with Crippen LogP contribution in [0, 0.1) is 0 Å². The standard InChI is InChI=1S/C20H19BrN2O3/c1-25-17-8-7-16(21)12-14(17)6-9-19(24)23-13-15-4-2-10-22-20(15)18-5-3-11-26-18/h2-5,7-8,10-12H,6,9,13H2,1H3,(H,23,24). The van der Waals surface area contributed by atoms with Crippen molar-refractivity contribution in [1.82, 2.24) is 10.3 Å². The molecule has 2 heterocycles. The van der Waals surface area contributed by atoms with Crippen LogP contribution in [0.3, 0.4) is 0 Å². The molecule has 5 nitrogen and oxygen atoms in total. The fourth-order valence-corrected chi connectivity index (χ4v) is 3.10. The Morgan fingerprint density at radius 1 is 1.23 bits per heavy atom. The number of furan rings is 1. The molecule has 0 saturated carbocycles. The summed E-state index contributed by atoms with van der Waals surface area (Å²) in [6.07, 6.45) is 4.30. The molecule has 26 heavy (non-hydrogen) atoms. The van der Waals surface area contributed by atoms with E-state index < -0.39 is 0 Å². The van der Waals surface area contributed by atoms with Gasteiger partial charge in [0.15, 0.2) is 5.76 Å². The SMILES string of the molecule is COc1ccc(Br)cc1CCC(=O)NCc1cccnc1-c1ccco1. The fraction of sp³-hybridized carbons (Fsp3) is 0.200. The lowest BCUT2D eigenvalue weighted by molar-refractivity contribution is -0.121. The van der Waals surface area contributed by atoms with Crippen LogP contribution in [0.2, 0.25) is 0 Å². The summed E-state index contributed by atoms with van der Waals surface area (Å²) in [4.78, 5) is 16.6. The van der Waals surface area contributed by atoms with Crippen LogP contribution in [-0.2, 0) is 17.8 Å². The van der Waals surface area contributed by atoms with Crippen molar-refractivity contribution in [3.8, 4) is 17.2 Å². The van der Waals surface area contributed by atoms with Crippen LogP contribution in [0.25, 0.3) is 11.5 Å². The lowest BCUT2D eigenvalue weighted by Crippen LogP contribution is -2.23. The van der Waals surface area contributed by atoms with E-state index in [0.717, 1.165) is 27.0 Å². The molecule has 0 aliphatic rings. The van der Waals surface area contributed by atoms with Crippen molar-refractivity contribution in [1.29, 1.82) is 0 Å². The Labute approximate surface area is 160 Å². The van der Waals surface area contributed by atoms with E-state index in [-0.39, 0.29) is 5.91 Å². The number of methoxy groups -OCH3 is 1. The van der Waals surface area contributed by atoms with Gasteiger partial charge in [0.2, 0.25) is 5.91 Å². The molecule has 6 heteroatoms. The van der Waals surface area contributed by atoms with Gasteiger partial charge in [-0.2, -0.15) is 0 Å². The maximum absolute atomic E-state index is 12.3. The van der Waals surface area contributed by atoms with Crippen LogP contribution < -0.4 is 10.1 Å². The largest absolute Gasteiger partial charge is 0.496 e. The van der Waals surface area contributed by atoms with Crippen LogP contribution in [0.4, 0.5) is 0 Å².